The van der Waals surface area contributed by atoms with Crippen molar-refractivity contribution in [1.82, 2.24) is 10.3 Å². The van der Waals surface area contributed by atoms with E-state index >= 15 is 0 Å². The number of nitrogens with zero attached hydrogens (tertiary/aromatic N) is 1. The molecule has 2 heterocycles. The van der Waals surface area contributed by atoms with Gasteiger partial charge >= 0.3 is 0 Å². The predicted octanol–water partition coefficient (Wildman–Crippen LogP) is 4.02. The third-order valence-corrected chi connectivity index (χ3v) is 4.58. The minimum atomic E-state index is 0.321. The van der Waals surface area contributed by atoms with Gasteiger partial charge in [0.1, 0.15) is 5.01 Å². The lowest BCUT2D eigenvalue weighted by Gasteiger charge is -2.10. The Balaban J connectivity index is 1.91. The molecule has 1 N–H and O–H groups in total. The molecule has 0 spiro atoms. The fourth-order valence-corrected chi connectivity index (χ4v) is 3.21. The molecule has 0 saturated heterocycles. The first-order valence-electron chi connectivity index (χ1n) is 5.05. The molecule has 2 aromatic rings. The molecule has 0 aliphatic rings. The summed E-state index contributed by atoms with van der Waals surface area (Å²) in [4.78, 5) is 6.84. The third kappa shape index (κ3) is 3.04. The number of rotatable bonds is 4. The maximum atomic E-state index is 5.91. The van der Waals surface area contributed by atoms with Crippen molar-refractivity contribution in [2.75, 3.05) is 0 Å². The average Bonchev–Trinajstić information content (AvgIpc) is 2.84. The molecular formula is C11H13ClN2S2. The number of aromatic nitrogens is 1. The first kappa shape index (κ1) is 12.0. The highest BCUT2D eigenvalue weighted by Gasteiger charge is 2.08. The summed E-state index contributed by atoms with van der Waals surface area (Å²) in [5.41, 5.74) is 0. The summed E-state index contributed by atoms with van der Waals surface area (Å²) in [5, 5.41) is 4.57. The molecule has 2 rings (SSSR count). The lowest BCUT2D eigenvalue weighted by molar-refractivity contribution is 0.581. The lowest BCUT2D eigenvalue weighted by Crippen LogP contribution is -2.16. The summed E-state index contributed by atoms with van der Waals surface area (Å²) in [6.45, 7) is 5.03. The molecule has 2 nitrogen and oxygen atoms in total. The number of aryl methyl sites for hydroxylation is 1. The smallest absolute Gasteiger partial charge is 0.107 e. The Morgan fingerprint density at radius 2 is 2.25 bits per heavy atom. The molecule has 0 aromatic carbocycles. The molecular weight excluding hydrogens is 260 g/mol. The Labute approximate surface area is 108 Å². The van der Waals surface area contributed by atoms with Gasteiger partial charge in [0.25, 0.3) is 0 Å². The molecule has 16 heavy (non-hydrogen) atoms. The van der Waals surface area contributed by atoms with Gasteiger partial charge in [-0.1, -0.05) is 11.6 Å². The Morgan fingerprint density at radius 3 is 2.81 bits per heavy atom. The van der Waals surface area contributed by atoms with E-state index in [1.54, 1.807) is 22.7 Å². The summed E-state index contributed by atoms with van der Waals surface area (Å²) in [6.07, 6.45) is 1.91. The molecule has 2 aromatic heterocycles. The Hall–Kier alpha value is -0.420. The van der Waals surface area contributed by atoms with Crippen LogP contribution in [0.25, 0.3) is 0 Å². The van der Waals surface area contributed by atoms with Crippen molar-refractivity contribution in [3.63, 3.8) is 0 Å². The normalized spacial score (nSPS) is 12.9. The van der Waals surface area contributed by atoms with Gasteiger partial charge in [0, 0.05) is 28.5 Å². The highest BCUT2D eigenvalue weighted by molar-refractivity contribution is 7.16. The van der Waals surface area contributed by atoms with Crippen molar-refractivity contribution in [3.8, 4) is 0 Å². The highest BCUT2D eigenvalue weighted by Crippen LogP contribution is 2.26. The van der Waals surface area contributed by atoms with Gasteiger partial charge in [0.2, 0.25) is 0 Å². The monoisotopic (exact) mass is 272 g/mol. The maximum Gasteiger partial charge on any atom is 0.107 e. The second-order valence-electron chi connectivity index (χ2n) is 3.61. The van der Waals surface area contributed by atoms with Crippen LogP contribution >= 0.6 is 34.3 Å². The number of hydrogen-bond donors (Lipinski definition) is 1. The molecule has 0 aliphatic heterocycles. The highest BCUT2D eigenvalue weighted by atomic mass is 35.5. The van der Waals surface area contributed by atoms with Gasteiger partial charge in [-0.2, -0.15) is 0 Å². The molecule has 0 bridgehead atoms. The zero-order chi connectivity index (χ0) is 11.5. The fraction of sp³-hybridized carbons (Fsp3) is 0.364. The summed E-state index contributed by atoms with van der Waals surface area (Å²) in [5.74, 6) is 0. The van der Waals surface area contributed by atoms with Gasteiger partial charge in [-0.3, -0.25) is 0 Å². The average molecular weight is 273 g/mol. The second kappa shape index (κ2) is 5.27. The van der Waals surface area contributed by atoms with Crippen LogP contribution in [0.5, 0.6) is 0 Å². The first-order chi connectivity index (χ1) is 7.65. The number of hydrogen-bond acceptors (Lipinski definition) is 4. The topological polar surface area (TPSA) is 24.9 Å². The van der Waals surface area contributed by atoms with Crippen LogP contribution in [-0.2, 0) is 6.54 Å². The largest absolute Gasteiger partial charge is 0.303 e. The van der Waals surface area contributed by atoms with Crippen molar-refractivity contribution < 1.29 is 0 Å². The molecule has 86 valence electrons. The Morgan fingerprint density at radius 1 is 1.44 bits per heavy atom. The van der Waals surface area contributed by atoms with E-state index in [1.807, 2.05) is 12.3 Å². The number of thiophene rings is 1. The minimum Gasteiger partial charge on any atom is -0.303 e. The van der Waals surface area contributed by atoms with Crippen molar-refractivity contribution in [3.05, 3.63) is 37.4 Å². The Bertz CT molecular complexity index is 464. The van der Waals surface area contributed by atoms with E-state index in [0.29, 0.717) is 6.04 Å². The van der Waals surface area contributed by atoms with Crippen molar-refractivity contribution >= 4 is 34.3 Å². The van der Waals surface area contributed by atoms with Gasteiger partial charge in [-0.25, -0.2) is 4.98 Å². The van der Waals surface area contributed by atoms with Crippen LogP contribution in [0.4, 0.5) is 0 Å². The molecule has 0 saturated carbocycles. The van der Waals surface area contributed by atoms with E-state index in [1.165, 1.54) is 9.75 Å². The van der Waals surface area contributed by atoms with Crippen LogP contribution in [-0.4, -0.2) is 4.98 Å². The minimum absolute atomic E-state index is 0.321. The molecule has 1 atom stereocenters. The van der Waals surface area contributed by atoms with Crippen molar-refractivity contribution in [2.45, 2.75) is 26.4 Å². The van der Waals surface area contributed by atoms with Crippen LogP contribution in [0.3, 0.4) is 0 Å². The quantitative estimate of drug-likeness (QED) is 0.909. The maximum absolute atomic E-state index is 5.91. The Kier molecular flexibility index (Phi) is 3.97. The second-order valence-corrected chi connectivity index (χ2v) is 6.68. The van der Waals surface area contributed by atoms with E-state index in [2.05, 4.69) is 30.2 Å². The first-order valence-corrected chi connectivity index (χ1v) is 7.06. The molecule has 0 aliphatic carbocycles. The van der Waals surface area contributed by atoms with E-state index in [-0.39, 0.29) is 0 Å². The molecule has 0 fully saturated rings. The molecule has 0 amide bonds. The van der Waals surface area contributed by atoms with Crippen molar-refractivity contribution in [1.29, 1.82) is 0 Å². The third-order valence-electron chi connectivity index (χ3n) is 2.25. The number of thiazole rings is 1. The summed E-state index contributed by atoms with van der Waals surface area (Å²) >= 11 is 9.26. The van der Waals surface area contributed by atoms with E-state index < -0.39 is 0 Å². The zero-order valence-electron chi connectivity index (χ0n) is 9.16. The van der Waals surface area contributed by atoms with Gasteiger partial charge in [-0.05, 0) is 26.0 Å². The van der Waals surface area contributed by atoms with Gasteiger partial charge in [0.15, 0.2) is 0 Å². The number of halogens is 1. The van der Waals surface area contributed by atoms with Crippen LogP contribution < -0.4 is 5.32 Å². The van der Waals surface area contributed by atoms with E-state index in [9.17, 15) is 0 Å². The summed E-state index contributed by atoms with van der Waals surface area (Å²) in [6, 6.07) is 4.33. The van der Waals surface area contributed by atoms with Crippen molar-refractivity contribution in [2.24, 2.45) is 0 Å². The van der Waals surface area contributed by atoms with E-state index in [4.69, 9.17) is 11.6 Å². The number of nitrogens with one attached hydrogen (secondary N) is 1. The van der Waals surface area contributed by atoms with Crippen LogP contribution in [0.15, 0.2) is 18.3 Å². The zero-order valence-corrected chi connectivity index (χ0v) is 11.5. The van der Waals surface area contributed by atoms with Gasteiger partial charge in [0.05, 0.1) is 4.34 Å². The van der Waals surface area contributed by atoms with Crippen LogP contribution in [0.2, 0.25) is 4.34 Å². The standard InChI is InChI=1S/C11H13ClN2S2/c1-7-5-14-11(15-7)6-13-8(2)9-3-4-10(12)16-9/h3-5,8,13H,6H2,1-2H3. The molecule has 1 unspecified atom stereocenters. The summed E-state index contributed by atoms with van der Waals surface area (Å²) in [7, 11) is 0. The summed E-state index contributed by atoms with van der Waals surface area (Å²) < 4.78 is 0.841. The lowest BCUT2D eigenvalue weighted by atomic mass is 10.3. The van der Waals surface area contributed by atoms with Gasteiger partial charge < -0.3 is 5.32 Å². The van der Waals surface area contributed by atoms with Crippen LogP contribution in [0.1, 0.15) is 27.7 Å². The van der Waals surface area contributed by atoms with Gasteiger partial charge in [-0.15, -0.1) is 22.7 Å². The predicted molar refractivity (Wildman–Crippen MR) is 71.4 cm³/mol. The van der Waals surface area contributed by atoms with Crippen LogP contribution in [0, 0.1) is 6.92 Å². The van der Waals surface area contributed by atoms with E-state index in [0.717, 1.165) is 15.9 Å². The fourth-order valence-electron chi connectivity index (χ4n) is 1.39. The molecule has 5 heteroatoms. The molecule has 0 radical (unpaired) electrons. The SMILES string of the molecule is Cc1cnc(CNC(C)c2ccc(Cl)s2)s1.